The van der Waals surface area contributed by atoms with Crippen LogP contribution >= 0.6 is 58.5 Å². The lowest BCUT2D eigenvalue weighted by Gasteiger charge is -2.13. The lowest BCUT2D eigenvalue weighted by molar-refractivity contribution is -0.137. The molecule has 1 aliphatic rings. The number of benzene rings is 1. The summed E-state index contributed by atoms with van der Waals surface area (Å²) < 4.78 is 0.516. The normalized spacial score (nSPS) is 15.5. The van der Waals surface area contributed by atoms with Gasteiger partial charge in [-0.25, -0.2) is 4.98 Å². The fraction of sp³-hybridized carbons (Fsp3) is 0.263. The molecule has 5 nitrogen and oxygen atoms in total. The van der Waals surface area contributed by atoms with E-state index in [0.717, 1.165) is 21.9 Å². The van der Waals surface area contributed by atoms with Crippen LogP contribution in [-0.2, 0) is 9.59 Å². The van der Waals surface area contributed by atoms with Gasteiger partial charge in [-0.2, -0.15) is 0 Å². The SMILES string of the molecule is O=C(O)CCCCCN1C(=O)C(=Cc2cnc(-c3cc(Cl)ccc3Cl)s2)SC1=S. The van der Waals surface area contributed by atoms with Crippen LogP contribution in [0.4, 0.5) is 0 Å². The van der Waals surface area contributed by atoms with Gasteiger partial charge in [0.1, 0.15) is 9.33 Å². The predicted octanol–water partition coefficient (Wildman–Crippen LogP) is 5.96. The van der Waals surface area contributed by atoms with Gasteiger partial charge in [-0.1, -0.05) is 53.6 Å². The molecular formula is C19H16Cl2N2O3S3. The Hall–Kier alpha value is -1.45. The molecule has 2 heterocycles. The number of carbonyl (C=O) groups excluding carboxylic acids is 1. The summed E-state index contributed by atoms with van der Waals surface area (Å²) in [4.78, 5) is 30.6. The highest BCUT2D eigenvalue weighted by Crippen LogP contribution is 2.37. The number of nitrogens with zero attached hydrogens (tertiary/aromatic N) is 2. The molecule has 152 valence electrons. The minimum atomic E-state index is -0.804. The van der Waals surface area contributed by atoms with Crippen LogP contribution in [0.5, 0.6) is 0 Å². The zero-order valence-corrected chi connectivity index (χ0v) is 19.0. The van der Waals surface area contributed by atoms with Crippen molar-refractivity contribution in [1.29, 1.82) is 0 Å². The summed E-state index contributed by atoms with van der Waals surface area (Å²) >= 11 is 20.3. The first-order valence-electron chi connectivity index (χ1n) is 8.73. The third kappa shape index (κ3) is 5.79. The van der Waals surface area contributed by atoms with Crippen LogP contribution in [0.1, 0.15) is 30.6 Å². The molecule has 3 rings (SSSR count). The second-order valence-electron chi connectivity index (χ2n) is 6.23. The van der Waals surface area contributed by atoms with Gasteiger partial charge in [0, 0.05) is 34.6 Å². The molecule has 1 aromatic carbocycles. The number of aromatic nitrogens is 1. The van der Waals surface area contributed by atoms with Crippen LogP contribution in [0.3, 0.4) is 0 Å². The third-order valence-corrected chi connectivity index (χ3v) is 7.02. The Bertz CT molecular complexity index is 991. The molecule has 0 radical (unpaired) electrons. The number of carboxylic acids is 1. The Morgan fingerprint density at radius 3 is 2.83 bits per heavy atom. The van der Waals surface area contributed by atoms with Crippen molar-refractivity contribution in [2.45, 2.75) is 25.7 Å². The van der Waals surface area contributed by atoms with Gasteiger partial charge < -0.3 is 5.11 Å². The van der Waals surface area contributed by atoms with Gasteiger partial charge in [0.05, 0.1) is 9.93 Å². The lowest BCUT2D eigenvalue weighted by Crippen LogP contribution is -2.29. The summed E-state index contributed by atoms with van der Waals surface area (Å²) in [6.07, 6.45) is 5.66. The van der Waals surface area contributed by atoms with Gasteiger partial charge in [0.2, 0.25) is 0 Å². The Kier molecular flexibility index (Phi) is 7.70. The highest BCUT2D eigenvalue weighted by atomic mass is 35.5. The summed E-state index contributed by atoms with van der Waals surface area (Å²) in [6, 6.07) is 5.20. The molecule has 0 aliphatic carbocycles. The Morgan fingerprint density at radius 2 is 2.07 bits per heavy atom. The molecule has 1 saturated heterocycles. The van der Waals surface area contributed by atoms with E-state index >= 15 is 0 Å². The van der Waals surface area contributed by atoms with E-state index in [1.165, 1.54) is 23.1 Å². The quantitative estimate of drug-likeness (QED) is 0.281. The lowest BCUT2D eigenvalue weighted by atomic mass is 10.2. The molecule has 0 unspecified atom stereocenters. The van der Waals surface area contributed by atoms with Gasteiger partial charge >= 0.3 is 5.97 Å². The molecule has 1 amide bonds. The number of unbranched alkanes of at least 4 members (excludes halogenated alkanes) is 2. The maximum absolute atomic E-state index is 12.7. The minimum Gasteiger partial charge on any atom is -0.481 e. The Morgan fingerprint density at radius 1 is 1.28 bits per heavy atom. The number of thiocarbonyl (C=S) groups is 1. The standard InChI is InChI=1S/C19H16Cl2N2O3S3/c20-11-5-6-14(21)13(8-11)17-22-10-12(28-17)9-15-18(26)23(19(27)29-15)7-3-1-2-4-16(24)25/h5-6,8-10H,1-4,7H2,(H,24,25). The van der Waals surface area contributed by atoms with E-state index in [2.05, 4.69) is 4.98 Å². The van der Waals surface area contributed by atoms with E-state index in [1.54, 1.807) is 35.4 Å². The summed E-state index contributed by atoms with van der Waals surface area (Å²) in [5.74, 6) is -0.935. The molecule has 10 heteroatoms. The molecular weight excluding hydrogens is 471 g/mol. The van der Waals surface area contributed by atoms with E-state index in [9.17, 15) is 9.59 Å². The topological polar surface area (TPSA) is 70.5 Å². The number of rotatable bonds is 8. The largest absolute Gasteiger partial charge is 0.481 e. The minimum absolute atomic E-state index is 0.131. The molecule has 1 N–H and O–H groups in total. The first-order valence-corrected chi connectivity index (χ1v) is 11.5. The highest BCUT2D eigenvalue weighted by Gasteiger charge is 2.31. The molecule has 0 atom stereocenters. The van der Waals surface area contributed by atoms with Crippen molar-refractivity contribution in [2.75, 3.05) is 6.54 Å². The molecule has 0 saturated carbocycles. The highest BCUT2D eigenvalue weighted by molar-refractivity contribution is 8.26. The fourth-order valence-electron chi connectivity index (χ4n) is 2.68. The van der Waals surface area contributed by atoms with Crippen molar-refractivity contribution in [1.82, 2.24) is 9.88 Å². The number of aliphatic carboxylic acids is 1. The number of carbonyl (C=O) groups is 2. The molecule has 1 fully saturated rings. The molecule has 0 spiro atoms. The molecule has 29 heavy (non-hydrogen) atoms. The van der Waals surface area contributed by atoms with E-state index < -0.39 is 5.97 Å². The Labute approximate surface area is 191 Å². The average molecular weight is 487 g/mol. The summed E-state index contributed by atoms with van der Waals surface area (Å²) in [7, 11) is 0. The van der Waals surface area contributed by atoms with Crippen molar-refractivity contribution in [2.24, 2.45) is 0 Å². The maximum Gasteiger partial charge on any atom is 0.303 e. The number of halogens is 2. The van der Waals surface area contributed by atoms with Crippen molar-refractivity contribution >= 4 is 80.8 Å². The molecule has 1 aliphatic heterocycles. The van der Waals surface area contributed by atoms with E-state index in [-0.39, 0.29) is 12.3 Å². The van der Waals surface area contributed by atoms with Gasteiger partial charge in [0.25, 0.3) is 5.91 Å². The molecule has 0 bridgehead atoms. The zero-order chi connectivity index (χ0) is 21.0. The number of thioether (sulfide) groups is 1. The second kappa shape index (κ2) is 10.0. The number of amides is 1. The van der Waals surface area contributed by atoms with Crippen LogP contribution in [0.25, 0.3) is 16.6 Å². The van der Waals surface area contributed by atoms with Gasteiger partial charge in [-0.05, 0) is 37.1 Å². The van der Waals surface area contributed by atoms with Crippen molar-refractivity contribution < 1.29 is 14.7 Å². The van der Waals surface area contributed by atoms with Crippen molar-refractivity contribution in [3.05, 3.63) is 44.2 Å². The van der Waals surface area contributed by atoms with E-state index in [4.69, 9.17) is 40.5 Å². The summed E-state index contributed by atoms with van der Waals surface area (Å²) in [5.41, 5.74) is 0.748. The smallest absolute Gasteiger partial charge is 0.303 e. The molecule has 2 aromatic rings. The number of hydrogen-bond acceptors (Lipinski definition) is 6. The number of thiazole rings is 1. The third-order valence-electron chi connectivity index (χ3n) is 4.10. The van der Waals surface area contributed by atoms with Crippen LogP contribution in [0.15, 0.2) is 29.3 Å². The predicted molar refractivity (Wildman–Crippen MR) is 124 cm³/mol. The summed E-state index contributed by atoms with van der Waals surface area (Å²) in [6.45, 7) is 0.494. The monoisotopic (exact) mass is 486 g/mol. The van der Waals surface area contributed by atoms with E-state index in [0.29, 0.717) is 38.7 Å². The molecule has 1 aromatic heterocycles. The van der Waals surface area contributed by atoms with Crippen molar-refractivity contribution in [3.63, 3.8) is 0 Å². The number of hydrogen-bond donors (Lipinski definition) is 1. The fourth-order valence-corrected chi connectivity index (χ4v) is 5.38. The van der Waals surface area contributed by atoms with Gasteiger partial charge in [0.15, 0.2) is 0 Å². The first-order chi connectivity index (χ1) is 13.8. The zero-order valence-electron chi connectivity index (χ0n) is 15.1. The van der Waals surface area contributed by atoms with Crippen LogP contribution in [-0.4, -0.2) is 37.7 Å². The van der Waals surface area contributed by atoms with Crippen molar-refractivity contribution in [3.8, 4) is 10.6 Å². The Balaban J connectivity index is 1.66. The van der Waals surface area contributed by atoms with E-state index in [1.807, 2.05) is 0 Å². The van der Waals surface area contributed by atoms with Gasteiger partial charge in [-0.15, -0.1) is 11.3 Å². The van der Waals surface area contributed by atoms with Crippen LogP contribution in [0.2, 0.25) is 10.0 Å². The summed E-state index contributed by atoms with van der Waals surface area (Å²) in [5, 5.41) is 10.5. The van der Waals surface area contributed by atoms with Crippen LogP contribution < -0.4 is 0 Å². The second-order valence-corrected chi connectivity index (χ2v) is 9.81. The maximum atomic E-state index is 12.7. The average Bonchev–Trinajstić information content (AvgIpc) is 3.23. The number of carboxylic acid groups (broad SMARTS) is 1. The first kappa shape index (κ1) is 22.2. The van der Waals surface area contributed by atoms with Gasteiger partial charge in [-0.3, -0.25) is 14.5 Å². The van der Waals surface area contributed by atoms with Crippen LogP contribution in [0, 0.1) is 0 Å².